The van der Waals surface area contributed by atoms with Gasteiger partial charge in [0.15, 0.2) is 0 Å². The van der Waals surface area contributed by atoms with E-state index >= 15 is 0 Å². The van der Waals surface area contributed by atoms with Gasteiger partial charge in [-0.05, 0) is 57.6 Å². The molecule has 2 fully saturated rings. The molecule has 5 nitrogen and oxygen atoms in total. The molecule has 1 unspecified atom stereocenters. The predicted molar refractivity (Wildman–Crippen MR) is 91.8 cm³/mol. The molecule has 3 rings (SSSR count). The first-order valence-electron chi connectivity index (χ1n) is 8.71. The Balaban J connectivity index is 1.65. The lowest BCUT2D eigenvalue weighted by Crippen LogP contribution is -2.45. The van der Waals surface area contributed by atoms with Crippen LogP contribution < -0.4 is 0 Å². The van der Waals surface area contributed by atoms with E-state index in [9.17, 15) is 14.0 Å². The summed E-state index contributed by atoms with van der Waals surface area (Å²) in [4.78, 5) is 28.8. The third-order valence-corrected chi connectivity index (χ3v) is 5.19. The Hall–Kier alpha value is -1.95. The van der Waals surface area contributed by atoms with Gasteiger partial charge in [-0.2, -0.15) is 0 Å². The number of likely N-dealkylation sites (N-methyl/N-ethyl adjacent to an activating group) is 1. The molecular weight excluding hydrogens is 323 g/mol. The Morgan fingerprint density at radius 2 is 2.00 bits per heavy atom. The second kappa shape index (κ2) is 6.75. The number of nitrogens with zero attached hydrogens (tertiary/aromatic N) is 2. The topological polar surface area (TPSA) is 49.9 Å². The lowest BCUT2D eigenvalue weighted by molar-refractivity contribution is -0.150. The molecule has 2 aliphatic rings. The predicted octanol–water partition coefficient (Wildman–Crippen LogP) is 2.23. The van der Waals surface area contributed by atoms with Crippen LogP contribution in [0.15, 0.2) is 18.2 Å². The van der Waals surface area contributed by atoms with Crippen LogP contribution in [0.1, 0.15) is 35.2 Å². The van der Waals surface area contributed by atoms with Gasteiger partial charge < -0.3 is 14.5 Å². The number of hydrogen-bond donors (Lipinski definition) is 0. The van der Waals surface area contributed by atoms with Crippen molar-refractivity contribution in [2.75, 3.05) is 33.7 Å². The molecule has 1 aromatic rings. The lowest BCUT2D eigenvalue weighted by atomic mass is 9.76. The second-order valence-corrected chi connectivity index (χ2v) is 7.58. The lowest BCUT2D eigenvalue weighted by Gasteiger charge is -2.36. The van der Waals surface area contributed by atoms with Crippen molar-refractivity contribution in [3.05, 3.63) is 35.1 Å². The molecular formula is C19H25FN2O3. The third kappa shape index (κ3) is 3.68. The first-order valence-corrected chi connectivity index (χ1v) is 8.71. The zero-order valence-corrected chi connectivity index (χ0v) is 15.0. The van der Waals surface area contributed by atoms with Crippen LogP contribution >= 0.6 is 0 Å². The van der Waals surface area contributed by atoms with Crippen LogP contribution in [0.3, 0.4) is 0 Å². The minimum Gasteiger partial charge on any atom is -0.461 e. The van der Waals surface area contributed by atoms with Crippen LogP contribution in [-0.4, -0.2) is 61.5 Å². The molecule has 6 heteroatoms. The number of ether oxygens (including phenoxy) is 1. The summed E-state index contributed by atoms with van der Waals surface area (Å²) in [5, 5.41) is 0. The van der Waals surface area contributed by atoms with Crippen molar-refractivity contribution < 1.29 is 18.7 Å². The van der Waals surface area contributed by atoms with Gasteiger partial charge in [0, 0.05) is 31.6 Å². The van der Waals surface area contributed by atoms with Crippen molar-refractivity contribution in [3.8, 4) is 0 Å². The summed E-state index contributed by atoms with van der Waals surface area (Å²) in [6, 6.07) is 4.38. The van der Waals surface area contributed by atoms with E-state index in [4.69, 9.17) is 4.74 Å². The molecule has 0 radical (unpaired) electrons. The molecule has 2 aliphatic heterocycles. The van der Waals surface area contributed by atoms with Gasteiger partial charge in [0.25, 0.3) is 5.91 Å². The first-order chi connectivity index (χ1) is 11.8. The number of hydrogen-bond acceptors (Lipinski definition) is 4. The smallest absolute Gasteiger partial charge is 0.312 e. The zero-order chi connectivity index (χ0) is 18.2. The molecule has 136 valence electrons. The molecule has 0 aliphatic carbocycles. The number of rotatable bonds is 3. The van der Waals surface area contributed by atoms with E-state index < -0.39 is 11.2 Å². The zero-order valence-electron chi connectivity index (χ0n) is 15.0. The molecule has 1 amide bonds. The highest BCUT2D eigenvalue weighted by Crippen LogP contribution is 2.43. The number of esters is 1. The Morgan fingerprint density at radius 3 is 2.60 bits per heavy atom. The van der Waals surface area contributed by atoms with Gasteiger partial charge in [-0.1, -0.05) is 0 Å². The van der Waals surface area contributed by atoms with Gasteiger partial charge in [0.1, 0.15) is 11.9 Å². The highest BCUT2D eigenvalue weighted by atomic mass is 19.1. The average Bonchev–Trinajstić information content (AvgIpc) is 2.81. The van der Waals surface area contributed by atoms with E-state index in [0.29, 0.717) is 37.9 Å². The molecule has 1 aromatic carbocycles. The minimum atomic E-state index is -0.463. The molecule has 1 spiro atoms. The summed E-state index contributed by atoms with van der Waals surface area (Å²) < 4.78 is 19.1. The van der Waals surface area contributed by atoms with E-state index in [2.05, 4.69) is 0 Å². The standard InChI is InChI=1S/C19H25FN2O3/c1-13-8-14(10-15(20)9-13)17(23)22-6-4-19(5-7-22)11-16(12-21(2)3)25-18(19)24/h8-10,16H,4-7,11-12H2,1-3H3. The van der Waals surface area contributed by atoms with Crippen LogP contribution in [0.2, 0.25) is 0 Å². The second-order valence-electron chi connectivity index (χ2n) is 7.58. The summed E-state index contributed by atoms with van der Waals surface area (Å²) >= 11 is 0. The van der Waals surface area contributed by atoms with E-state index in [1.165, 1.54) is 12.1 Å². The van der Waals surface area contributed by atoms with E-state index in [-0.39, 0.29) is 18.0 Å². The minimum absolute atomic E-state index is 0.0735. The molecule has 0 N–H and O–H groups in total. The fourth-order valence-corrected chi connectivity index (χ4v) is 3.93. The number of benzene rings is 1. The maximum Gasteiger partial charge on any atom is 0.312 e. The van der Waals surface area contributed by atoms with Gasteiger partial charge in [-0.15, -0.1) is 0 Å². The van der Waals surface area contributed by atoms with Crippen molar-refractivity contribution in [2.45, 2.75) is 32.3 Å². The number of carbonyl (C=O) groups is 2. The van der Waals surface area contributed by atoms with E-state index in [1.807, 2.05) is 19.0 Å². The fraction of sp³-hybridized carbons (Fsp3) is 0.579. The van der Waals surface area contributed by atoms with Gasteiger partial charge in [0.2, 0.25) is 0 Å². The molecule has 25 heavy (non-hydrogen) atoms. The number of halogens is 1. The van der Waals surface area contributed by atoms with E-state index in [0.717, 1.165) is 12.1 Å². The average molecular weight is 348 g/mol. The molecule has 2 saturated heterocycles. The molecule has 0 saturated carbocycles. The Labute approximate surface area is 147 Å². The largest absolute Gasteiger partial charge is 0.461 e. The Morgan fingerprint density at radius 1 is 1.32 bits per heavy atom. The number of cyclic esters (lactones) is 1. The molecule has 0 bridgehead atoms. The van der Waals surface area contributed by atoms with Gasteiger partial charge in [0.05, 0.1) is 5.41 Å². The SMILES string of the molecule is Cc1cc(F)cc(C(=O)N2CCC3(CC2)CC(CN(C)C)OC3=O)c1. The van der Waals surface area contributed by atoms with Crippen LogP contribution in [0, 0.1) is 18.2 Å². The summed E-state index contributed by atoms with van der Waals surface area (Å²) in [6.45, 7) is 3.49. The molecule has 0 aromatic heterocycles. The van der Waals surface area contributed by atoms with Crippen molar-refractivity contribution in [1.82, 2.24) is 9.80 Å². The van der Waals surface area contributed by atoms with Crippen LogP contribution in [0.25, 0.3) is 0 Å². The summed E-state index contributed by atoms with van der Waals surface area (Å²) in [5.74, 6) is -0.704. The van der Waals surface area contributed by atoms with Crippen LogP contribution in [-0.2, 0) is 9.53 Å². The van der Waals surface area contributed by atoms with Crippen molar-refractivity contribution in [2.24, 2.45) is 5.41 Å². The number of carbonyl (C=O) groups excluding carboxylic acids is 2. The maximum absolute atomic E-state index is 13.6. The van der Waals surface area contributed by atoms with Crippen LogP contribution in [0.4, 0.5) is 4.39 Å². The third-order valence-electron chi connectivity index (χ3n) is 5.19. The summed E-state index contributed by atoms with van der Waals surface area (Å²) in [7, 11) is 3.92. The highest BCUT2D eigenvalue weighted by molar-refractivity contribution is 5.94. The first kappa shape index (κ1) is 17.9. The van der Waals surface area contributed by atoms with Crippen molar-refractivity contribution in [3.63, 3.8) is 0 Å². The van der Waals surface area contributed by atoms with Gasteiger partial charge >= 0.3 is 5.97 Å². The van der Waals surface area contributed by atoms with Crippen LogP contribution in [0.5, 0.6) is 0 Å². The van der Waals surface area contributed by atoms with Gasteiger partial charge in [-0.3, -0.25) is 9.59 Å². The van der Waals surface area contributed by atoms with Gasteiger partial charge in [-0.25, -0.2) is 4.39 Å². The monoisotopic (exact) mass is 348 g/mol. The maximum atomic E-state index is 13.6. The number of likely N-dealkylation sites (tertiary alicyclic amines) is 1. The number of amides is 1. The Bertz CT molecular complexity index is 661. The summed E-state index contributed by atoms with van der Waals surface area (Å²) in [5.41, 5.74) is 0.630. The quantitative estimate of drug-likeness (QED) is 0.786. The van der Waals surface area contributed by atoms with E-state index in [1.54, 1.807) is 17.9 Å². The summed E-state index contributed by atoms with van der Waals surface area (Å²) in [6.07, 6.45) is 1.85. The molecule has 2 heterocycles. The number of aryl methyl sites for hydroxylation is 1. The fourth-order valence-electron chi connectivity index (χ4n) is 3.93. The van der Waals surface area contributed by atoms with Crippen molar-refractivity contribution >= 4 is 11.9 Å². The number of piperidine rings is 1. The van der Waals surface area contributed by atoms with Crippen molar-refractivity contribution in [1.29, 1.82) is 0 Å². The molecule has 1 atom stereocenters. The normalized spacial score (nSPS) is 22.5. The Kier molecular flexibility index (Phi) is 4.82. The highest BCUT2D eigenvalue weighted by Gasteiger charge is 2.50.